The quantitative estimate of drug-likeness (QED) is 0.194. The molecule has 2 atom stereocenters. The average molecular weight is 660 g/mol. The van der Waals surface area contributed by atoms with E-state index in [-0.39, 0.29) is 54.0 Å². The molecule has 2 aliphatic rings. The smallest absolute Gasteiger partial charge is 0.445 e. The molecule has 46 heavy (non-hydrogen) atoms. The third-order valence-electron chi connectivity index (χ3n) is 7.44. The predicted octanol–water partition coefficient (Wildman–Crippen LogP) is 3.36. The minimum absolute atomic E-state index is 0.0635. The van der Waals surface area contributed by atoms with Crippen LogP contribution in [0.4, 0.5) is 21.0 Å². The molecule has 16 nitrogen and oxygen atoms in total. The van der Waals surface area contributed by atoms with Crippen molar-refractivity contribution in [3.8, 4) is 0 Å². The van der Waals surface area contributed by atoms with E-state index in [4.69, 9.17) is 14.2 Å². The van der Waals surface area contributed by atoms with Crippen molar-refractivity contribution >= 4 is 46.4 Å². The third kappa shape index (κ3) is 9.61. The Bertz CT molecular complexity index is 1430. The molecule has 0 N–H and O–H groups in total. The summed E-state index contributed by atoms with van der Waals surface area (Å²) >= 11 is 1.08. The standard InChI is InChI=1S/C29H33N5O11S/c1-20(35)46-25-16-26(32(17-25)28(37)44-18-21-2-6-23(7-3-21)33(39)40)27(36)31-12-10-30(11-13-31)14-15-43-29(38)45-19-22-4-8-24(9-5-22)34(41)42/h2-9,25-26H,10-19H2,1H3/t25-,26-/m1/s1. The fourth-order valence-corrected chi connectivity index (χ4v) is 6.04. The summed E-state index contributed by atoms with van der Waals surface area (Å²) in [6, 6.07) is 10.4. The van der Waals surface area contributed by atoms with Gasteiger partial charge in [0.1, 0.15) is 25.9 Å². The van der Waals surface area contributed by atoms with Crippen molar-refractivity contribution in [1.29, 1.82) is 0 Å². The first-order valence-electron chi connectivity index (χ1n) is 14.4. The molecule has 2 aromatic rings. The zero-order chi connectivity index (χ0) is 33.2. The minimum Gasteiger partial charge on any atom is -0.445 e. The minimum atomic E-state index is -0.869. The first-order chi connectivity index (χ1) is 22.0. The summed E-state index contributed by atoms with van der Waals surface area (Å²) in [6.07, 6.45) is -1.28. The van der Waals surface area contributed by atoms with Crippen LogP contribution in [-0.2, 0) is 37.0 Å². The molecule has 0 aliphatic carbocycles. The van der Waals surface area contributed by atoms with Crippen LogP contribution < -0.4 is 0 Å². The second kappa shape index (κ2) is 16.0. The second-order valence-electron chi connectivity index (χ2n) is 10.6. The lowest BCUT2D eigenvalue weighted by Gasteiger charge is -2.37. The number of nitrogens with zero attached hydrogens (tertiary/aromatic N) is 5. The van der Waals surface area contributed by atoms with Crippen molar-refractivity contribution in [2.24, 2.45) is 0 Å². The summed E-state index contributed by atoms with van der Waals surface area (Å²) in [6.45, 7) is 3.63. The number of benzene rings is 2. The Kier molecular flexibility index (Phi) is 11.9. The maximum Gasteiger partial charge on any atom is 0.508 e. The van der Waals surface area contributed by atoms with Crippen LogP contribution in [0.25, 0.3) is 0 Å². The summed E-state index contributed by atoms with van der Waals surface area (Å²) in [7, 11) is 0. The van der Waals surface area contributed by atoms with E-state index in [2.05, 4.69) is 0 Å². The zero-order valence-electron chi connectivity index (χ0n) is 25.0. The van der Waals surface area contributed by atoms with Crippen LogP contribution in [0, 0.1) is 20.2 Å². The highest BCUT2D eigenvalue weighted by atomic mass is 32.2. The molecule has 0 bridgehead atoms. The Hall–Kier alpha value is -4.77. The molecular weight excluding hydrogens is 626 g/mol. The van der Waals surface area contributed by atoms with Gasteiger partial charge in [-0.25, -0.2) is 9.59 Å². The molecule has 17 heteroatoms. The van der Waals surface area contributed by atoms with Gasteiger partial charge in [-0.05, 0) is 41.8 Å². The number of carbonyl (C=O) groups is 4. The van der Waals surface area contributed by atoms with Gasteiger partial charge in [-0.1, -0.05) is 11.8 Å². The second-order valence-corrected chi connectivity index (χ2v) is 12.1. The molecule has 0 unspecified atom stereocenters. The van der Waals surface area contributed by atoms with Gasteiger partial charge in [0.05, 0.1) is 9.85 Å². The molecule has 2 fully saturated rings. The lowest BCUT2D eigenvalue weighted by atomic mass is 10.1. The van der Waals surface area contributed by atoms with Gasteiger partial charge in [0, 0.05) is 75.7 Å². The van der Waals surface area contributed by atoms with Crippen LogP contribution in [0.3, 0.4) is 0 Å². The molecular formula is C29H33N5O11S. The summed E-state index contributed by atoms with van der Waals surface area (Å²) < 4.78 is 15.6. The third-order valence-corrected chi connectivity index (χ3v) is 8.45. The Balaban J connectivity index is 1.22. The number of rotatable bonds is 11. The zero-order valence-corrected chi connectivity index (χ0v) is 25.8. The molecule has 0 radical (unpaired) electrons. The van der Waals surface area contributed by atoms with E-state index in [1.165, 1.54) is 60.4 Å². The fraction of sp³-hybridized carbons (Fsp3) is 0.448. The van der Waals surface area contributed by atoms with Crippen molar-refractivity contribution in [1.82, 2.24) is 14.7 Å². The molecule has 2 amide bonds. The van der Waals surface area contributed by atoms with Gasteiger partial charge < -0.3 is 19.1 Å². The lowest BCUT2D eigenvalue weighted by Crippen LogP contribution is -2.54. The number of thioether (sulfide) groups is 1. The summed E-state index contributed by atoms with van der Waals surface area (Å²) in [5, 5.41) is 21.2. The Morgan fingerprint density at radius 2 is 1.37 bits per heavy atom. The fourth-order valence-electron chi connectivity index (χ4n) is 5.05. The van der Waals surface area contributed by atoms with Gasteiger partial charge in [0.25, 0.3) is 11.4 Å². The maximum absolute atomic E-state index is 13.6. The van der Waals surface area contributed by atoms with E-state index in [1.807, 2.05) is 4.90 Å². The Morgan fingerprint density at radius 1 is 0.826 bits per heavy atom. The highest BCUT2D eigenvalue weighted by Crippen LogP contribution is 2.30. The highest BCUT2D eigenvalue weighted by Gasteiger charge is 2.43. The largest absolute Gasteiger partial charge is 0.508 e. The van der Waals surface area contributed by atoms with Crippen LogP contribution in [0.2, 0.25) is 0 Å². The molecule has 2 saturated heterocycles. The lowest BCUT2D eigenvalue weighted by molar-refractivity contribution is -0.385. The van der Waals surface area contributed by atoms with Crippen LogP contribution in [0.5, 0.6) is 0 Å². The summed E-state index contributed by atoms with van der Waals surface area (Å²) in [5.74, 6) is -0.246. The molecule has 0 aromatic heterocycles. The topological polar surface area (TPSA) is 192 Å². The monoisotopic (exact) mass is 659 g/mol. The maximum atomic E-state index is 13.6. The normalized spacial score (nSPS) is 18.1. The number of hydrogen-bond acceptors (Lipinski definition) is 13. The number of nitro groups is 2. The molecule has 0 spiro atoms. The van der Waals surface area contributed by atoms with E-state index in [0.717, 1.165) is 11.8 Å². The number of likely N-dealkylation sites (tertiary alicyclic amines) is 1. The number of non-ortho nitro benzene ring substituents is 2. The van der Waals surface area contributed by atoms with Crippen molar-refractivity contribution in [2.75, 3.05) is 45.9 Å². The van der Waals surface area contributed by atoms with E-state index >= 15 is 0 Å². The van der Waals surface area contributed by atoms with E-state index in [0.29, 0.717) is 50.3 Å². The first kappa shape index (κ1) is 34.1. The van der Waals surface area contributed by atoms with E-state index in [1.54, 1.807) is 4.90 Å². The average Bonchev–Trinajstić information content (AvgIpc) is 3.46. The molecule has 2 aliphatic heterocycles. The molecule has 0 saturated carbocycles. The van der Waals surface area contributed by atoms with Gasteiger partial charge in [0.2, 0.25) is 5.91 Å². The first-order valence-corrected chi connectivity index (χ1v) is 15.3. The number of amides is 2. The van der Waals surface area contributed by atoms with Crippen molar-refractivity contribution in [3.05, 3.63) is 79.9 Å². The number of ether oxygens (including phenoxy) is 3. The van der Waals surface area contributed by atoms with Gasteiger partial charge in [-0.3, -0.25) is 39.6 Å². The highest BCUT2D eigenvalue weighted by molar-refractivity contribution is 8.14. The van der Waals surface area contributed by atoms with Crippen LogP contribution >= 0.6 is 11.8 Å². The van der Waals surface area contributed by atoms with Crippen molar-refractivity contribution in [2.45, 2.75) is 37.9 Å². The van der Waals surface area contributed by atoms with Gasteiger partial charge in [0.15, 0.2) is 5.12 Å². The van der Waals surface area contributed by atoms with Gasteiger partial charge in [-0.15, -0.1) is 0 Å². The molecule has 4 rings (SSSR count). The number of nitro benzene ring substituents is 2. The molecule has 2 aromatic carbocycles. The summed E-state index contributed by atoms with van der Waals surface area (Å²) in [5.41, 5.74) is 0.974. The predicted molar refractivity (Wildman–Crippen MR) is 163 cm³/mol. The van der Waals surface area contributed by atoms with Crippen LogP contribution in [-0.4, -0.2) is 105 Å². The van der Waals surface area contributed by atoms with Crippen molar-refractivity contribution < 1.29 is 43.2 Å². The van der Waals surface area contributed by atoms with Crippen LogP contribution in [0.15, 0.2) is 48.5 Å². The van der Waals surface area contributed by atoms with Crippen LogP contribution in [0.1, 0.15) is 24.5 Å². The van der Waals surface area contributed by atoms with Gasteiger partial charge >= 0.3 is 12.2 Å². The molecule has 246 valence electrons. The Labute approximate surface area is 267 Å². The number of hydrogen-bond donors (Lipinski definition) is 0. The summed E-state index contributed by atoms with van der Waals surface area (Å²) in [4.78, 5) is 75.9. The SMILES string of the molecule is CC(=O)S[C@@H]1C[C@H](C(=O)N2CCN(CCOC(=O)OCc3ccc([N+](=O)[O-])cc3)CC2)N(C(=O)OCc2ccc([N+](=O)[O-])cc2)C1. The Morgan fingerprint density at radius 3 is 1.89 bits per heavy atom. The number of piperazine rings is 1. The van der Waals surface area contributed by atoms with Crippen molar-refractivity contribution in [3.63, 3.8) is 0 Å². The van der Waals surface area contributed by atoms with E-state index < -0.39 is 28.1 Å². The number of carbonyl (C=O) groups excluding carboxylic acids is 4. The van der Waals surface area contributed by atoms with Gasteiger partial charge in [-0.2, -0.15) is 0 Å². The molecule has 2 heterocycles. The van der Waals surface area contributed by atoms with E-state index in [9.17, 15) is 39.4 Å².